The number of para-hydroxylation sites is 1. The van der Waals surface area contributed by atoms with E-state index in [0.29, 0.717) is 30.3 Å². The van der Waals surface area contributed by atoms with E-state index in [4.69, 9.17) is 14.2 Å². The largest absolute Gasteiger partial charge is 0.483 e. The van der Waals surface area contributed by atoms with Crippen LogP contribution in [0.5, 0.6) is 5.75 Å². The van der Waals surface area contributed by atoms with E-state index in [1.54, 1.807) is 43.0 Å². The van der Waals surface area contributed by atoms with Crippen LogP contribution in [0, 0.1) is 0 Å². The third-order valence-corrected chi connectivity index (χ3v) is 8.72. The van der Waals surface area contributed by atoms with Crippen LogP contribution >= 0.6 is 0 Å². The van der Waals surface area contributed by atoms with Crippen LogP contribution in [0.15, 0.2) is 30.3 Å². The lowest BCUT2D eigenvalue weighted by atomic mass is 10.1. The van der Waals surface area contributed by atoms with Gasteiger partial charge < -0.3 is 39.5 Å². The molecule has 15 nitrogen and oxygen atoms in total. The summed E-state index contributed by atoms with van der Waals surface area (Å²) in [6.07, 6.45) is 2.63. The summed E-state index contributed by atoms with van der Waals surface area (Å²) in [5, 5.41) is 6.29. The minimum absolute atomic E-state index is 0.0156. The maximum atomic E-state index is 13.7. The molecule has 3 aliphatic rings. The van der Waals surface area contributed by atoms with Crippen molar-refractivity contribution in [3.63, 3.8) is 0 Å². The molecule has 0 spiro atoms. The Bertz CT molecular complexity index is 1560. The number of carbonyl (C=O) groups is 6. The minimum atomic E-state index is -1.08. The number of fused-ring (bicyclic) bond motifs is 1. The smallest absolute Gasteiger partial charge is 0.409 e. The van der Waals surface area contributed by atoms with E-state index in [1.165, 1.54) is 15.9 Å². The molecule has 3 fully saturated rings. The number of hydrogen-bond acceptors (Lipinski definition) is 10. The molecule has 2 saturated heterocycles. The number of likely N-dealkylation sites (tertiary alicyclic amines) is 1. The molecule has 0 radical (unpaired) electrons. The van der Waals surface area contributed by atoms with Crippen molar-refractivity contribution >= 4 is 46.6 Å². The van der Waals surface area contributed by atoms with Crippen LogP contribution in [0.4, 0.5) is 4.79 Å². The topological polar surface area (TPSA) is 177 Å². The normalized spacial score (nSPS) is 18.1. The summed E-state index contributed by atoms with van der Waals surface area (Å²) in [6.45, 7) is 4.90. The summed E-state index contributed by atoms with van der Waals surface area (Å²) in [4.78, 5) is 86.7. The van der Waals surface area contributed by atoms with Crippen molar-refractivity contribution in [1.29, 1.82) is 0 Å². The van der Waals surface area contributed by atoms with E-state index in [9.17, 15) is 28.8 Å². The monoisotopic (exact) mass is 680 g/mol. The van der Waals surface area contributed by atoms with Gasteiger partial charge in [-0.25, -0.2) is 9.78 Å². The highest BCUT2D eigenvalue weighted by molar-refractivity contribution is 5.99. The van der Waals surface area contributed by atoms with Crippen LogP contribution in [0.25, 0.3) is 10.9 Å². The van der Waals surface area contributed by atoms with Crippen molar-refractivity contribution in [3.8, 4) is 5.75 Å². The fraction of sp³-hybridized carbons (Fsp3) is 0.559. The molecule has 2 aliphatic heterocycles. The Hall–Kier alpha value is -4.95. The van der Waals surface area contributed by atoms with E-state index >= 15 is 0 Å². The van der Waals surface area contributed by atoms with Gasteiger partial charge in [-0.05, 0) is 58.1 Å². The number of nitrogens with zero attached hydrogens (tertiary/aromatic N) is 4. The molecule has 264 valence electrons. The zero-order valence-electron chi connectivity index (χ0n) is 28.0. The second kappa shape index (κ2) is 16.4. The number of benzene rings is 1. The number of nitrogens with one attached hydrogen (secondary N) is 2. The summed E-state index contributed by atoms with van der Waals surface area (Å²) in [6, 6.07) is 6.97. The summed E-state index contributed by atoms with van der Waals surface area (Å²) < 4.78 is 16.1. The van der Waals surface area contributed by atoms with E-state index in [2.05, 4.69) is 15.6 Å². The Balaban J connectivity index is 1.29. The first kappa shape index (κ1) is 35.4. The molecule has 1 aromatic heterocycles. The third-order valence-electron chi connectivity index (χ3n) is 8.72. The van der Waals surface area contributed by atoms with Gasteiger partial charge in [0.2, 0.25) is 11.8 Å². The van der Waals surface area contributed by atoms with Crippen molar-refractivity contribution < 1.29 is 43.0 Å². The average molecular weight is 681 g/mol. The third kappa shape index (κ3) is 9.15. The second-order valence-corrected chi connectivity index (χ2v) is 12.2. The highest BCUT2D eigenvalue weighted by Crippen LogP contribution is 2.27. The van der Waals surface area contributed by atoms with Gasteiger partial charge in [0.05, 0.1) is 18.7 Å². The molecule has 2 N–H and O–H groups in total. The SMILES string of the molecule is CCOC(=O)CC[C@H](NC(=O)c1cc(OCC(=O)N2CCC[C@H]2C(=O)NC2CC2)c2ccccc2n1)C(=O)N1CCN(C(=O)OCC)CC1. The molecule has 2 aromatic rings. The fourth-order valence-corrected chi connectivity index (χ4v) is 5.99. The standard InChI is InChI=1S/C34H44N6O9/c1-3-47-30(42)14-13-25(33(45)38-16-18-39(19-17-38)34(46)48-4-2)37-31(43)26-20-28(23-8-5-6-9-24(23)36-26)49-21-29(41)40-15-7-10-27(40)32(44)35-22-11-12-22/h5-6,8-9,20,22,25,27H,3-4,7,10-19,21H2,1-2H3,(H,35,44)(H,37,43)/t25-,27-/m0/s1. The number of pyridine rings is 1. The van der Waals surface area contributed by atoms with Crippen molar-refractivity contribution in [2.75, 3.05) is 52.5 Å². The van der Waals surface area contributed by atoms with Gasteiger partial charge in [0.15, 0.2) is 6.61 Å². The number of esters is 1. The van der Waals surface area contributed by atoms with E-state index in [1.807, 2.05) is 0 Å². The molecule has 1 aromatic carbocycles. The van der Waals surface area contributed by atoms with E-state index in [0.717, 1.165) is 12.8 Å². The molecule has 0 unspecified atom stereocenters. The summed E-state index contributed by atoms with van der Waals surface area (Å²) in [7, 11) is 0. The average Bonchev–Trinajstić information content (AvgIpc) is 3.78. The van der Waals surface area contributed by atoms with Gasteiger partial charge in [-0.3, -0.25) is 24.0 Å². The van der Waals surface area contributed by atoms with Crippen LogP contribution in [0.3, 0.4) is 0 Å². The van der Waals surface area contributed by atoms with E-state index in [-0.39, 0.29) is 88.1 Å². The number of hydrogen-bond donors (Lipinski definition) is 2. The molecular weight excluding hydrogens is 636 g/mol. The number of piperazine rings is 1. The number of ether oxygens (including phenoxy) is 3. The summed E-state index contributed by atoms with van der Waals surface area (Å²) >= 11 is 0. The molecule has 2 atom stereocenters. The number of aromatic nitrogens is 1. The highest BCUT2D eigenvalue weighted by atomic mass is 16.6. The number of rotatable bonds is 13. The lowest BCUT2D eigenvalue weighted by Gasteiger charge is -2.36. The van der Waals surface area contributed by atoms with Gasteiger partial charge in [-0.15, -0.1) is 0 Å². The Labute approximate surface area is 284 Å². The van der Waals surface area contributed by atoms with Crippen LogP contribution in [0.2, 0.25) is 0 Å². The second-order valence-electron chi connectivity index (χ2n) is 12.2. The first-order chi connectivity index (χ1) is 23.7. The molecule has 15 heteroatoms. The van der Waals surface area contributed by atoms with Crippen molar-refractivity contribution in [3.05, 3.63) is 36.0 Å². The lowest BCUT2D eigenvalue weighted by Crippen LogP contribution is -2.56. The minimum Gasteiger partial charge on any atom is -0.483 e. The van der Waals surface area contributed by atoms with Crippen molar-refractivity contribution in [2.45, 2.75) is 70.5 Å². The number of amides is 5. The lowest BCUT2D eigenvalue weighted by molar-refractivity contribution is -0.143. The molecule has 5 amide bonds. The predicted octanol–water partition coefficient (Wildman–Crippen LogP) is 1.63. The Morgan fingerprint density at radius 1 is 0.918 bits per heavy atom. The molecule has 0 bridgehead atoms. The molecule has 1 aliphatic carbocycles. The Morgan fingerprint density at radius 3 is 2.35 bits per heavy atom. The highest BCUT2D eigenvalue weighted by Gasteiger charge is 2.37. The van der Waals surface area contributed by atoms with Gasteiger partial charge in [0.1, 0.15) is 23.5 Å². The first-order valence-electron chi connectivity index (χ1n) is 17.0. The molecular formula is C34H44N6O9. The maximum Gasteiger partial charge on any atom is 0.409 e. The maximum absolute atomic E-state index is 13.7. The Kier molecular flexibility index (Phi) is 11.9. The van der Waals surface area contributed by atoms with Crippen molar-refractivity contribution in [2.24, 2.45) is 0 Å². The Morgan fingerprint density at radius 2 is 1.63 bits per heavy atom. The van der Waals surface area contributed by atoms with Crippen molar-refractivity contribution in [1.82, 2.24) is 30.3 Å². The quantitative estimate of drug-likeness (QED) is 0.296. The zero-order chi connectivity index (χ0) is 34.9. The van der Waals surface area contributed by atoms with Gasteiger partial charge in [0, 0.05) is 56.6 Å². The van der Waals surface area contributed by atoms with Gasteiger partial charge in [-0.2, -0.15) is 0 Å². The van der Waals surface area contributed by atoms with Gasteiger partial charge in [0.25, 0.3) is 11.8 Å². The number of carbonyl (C=O) groups excluding carboxylic acids is 6. The molecule has 3 heterocycles. The van der Waals surface area contributed by atoms with Gasteiger partial charge >= 0.3 is 12.1 Å². The fourth-order valence-electron chi connectivity index (χ4n) is 5.99. The first-order valence-corrected chi connectivity index (χ1v) is 17.0. The zero-order valence-corrected chi connectivity index (χ0v) is 28.0. The van der Waals surface area contributed by atoms with Crippen LogP contribution < -0.4 is 15.4 Å². The van der Waals surface area contributed by atoms with E-state index < -0.39 is 36.0 Å². The molecule has 5 rings (SSSR count). The summed E-state index contributed by atoms with van der Waals surface area (Å²) in [5.74, 6) is -1.83. The van der Waals surface area contributed by atoms with Crippen LogP contribution in [0.1, 0.15) is 62.9 Å². The van der Waals surface area contributed by atoms with Gasteiger partial charge in [-0.1, -0.05) is 12.1 Å². The molecule has 49 heavy (non-hydrogen) atoms. The van der Waals surface area contributed by atoms with Crippen LogP contribution in [-0.4, -0.2) is 126 Å². The van der Waals surface area contributed by atoms with Crippen LogP contribution in [-0.2, 0) is 28.7 Å². The summed E-state index contributed by atoms with van der Waals surface area (Å²) in [5.41, 5.74) is 0.384. The molecule has 1 saturated carbocycles. The predicted molar refractivity (Wildman–Crippen MR) is 175 cm³/mol.